The van der Waals surface area contributed by atoms with Crippen LogP contribution in [-0.2, 0) is 0 Å². The van der Waals surface area contributed by atoms with Crippen molar-refractivity contribution in [3.05, 3.63) is 17.7 Å². The third-order valence-electron chi connectivity index (χ3n) is 2.35. The highest BCUT2D eigenvalue weighted by molar-refractivity contribution is 6.08. The average molecular weight is 192 g/mol. The van der Waals surface area contributed by atoms with Crippen LogP contribution in [0.15, 0.2) is 12.1 Å². The Morgan fingerprint density at radius 3 is 3.00 bits per heavy atom. The molecule has 0 fully saturated rings. The van der Waals surface area contributed by atoms with Crippen LogP contribution < -0.4 is 15.8 Å². The summed E-state index contributed by atoms with van der Waals surface area (Å²) in [6.45, 7) is 0.644. The Hall–Kier alpha value is -1.71. The third kappa shape index (κ3) is 1.19. The molecular formula is C10H12N2O2. The number of carbonyl (C=O) groups excluding carboxylic acids is 1. The zero-order valence-corrected chi connectivity index (χ0v) is 7.96. The molecule has 0 unspecified atom stereocenters. The highest BCUT2D eigenvalue weighted by Crippen LogP contribution is 2.35. The number of ketones is 1. The topological polar surface area (TPSA) is 64.3 Å². The minimum atomic E-state index is 0.0788. The van der Waals surface area contributed by atoms with Gasteiger partial charge < -0.3 is 15.8 Å². The van der Waals surface area contributed by atoms with Crippen LogP contribution >= 0.6 is 0 Å². The van der Waals surface area contributed by atoms with Crippen LogP contribution in [-0.4, -0.2) is 19.4 Å². The van der Waals surface area contributed by atoms with Crippen molar-refractivity contribution in [2.24, 2.45) is 0 Å². The third-order valence-corrected chi connectivity index (χ3v) is 2.35. The Labute approximate surface area is 82.1 Å². The second-order valence-corrected chi connectivity index (χ2v) is 3.21. The molecule has 2 rings (SSSR count). The van der Waals surface area contributed by atoms with Gasteiger partial charge in [-0.1, -0.05) is 0 Å². The summed E-state index contributed by atoms with van der Waals surface area (Å²) in [4.78, 5) is 11.6. The lowest BCUT2D eigenvalue weighted by Gasteiger charge is -2.20. The van der Waals surface area contributed by atoms with Crippen molar-refractivity contribution in [1.29, 1.82) is 0 Å². The van der Waals surface area contributed by atoms with E-state index in [1.165, 1.54) is 0 Å². The van der Waals surface area contributed by atoms with Gasteiger partial charge in [0.1, 0.15) is 5.75 Å². The lowest BCUT2D eigenvalue weighted by Crippen LogP contribution is -2.20. The van der Waals surface area contributed by atoms with E-state index < -0.39 is 0 Å². The Kier molecular flexibility index (Phi) is 2.04. The maximum absolute atomic E-state index is 11.6. The molecule has 4 heteroatoms. The monoisotopic (exact) mass is 192 g/mol. The summed E-state index contributed by atoms with van der Waals surface area (Å²) in [7, 11) is 1.58. The number of Topliss-reactive ketones (excluding diaryl/α,β-unsaturated/α-hetero) is 1. The maximum Gasteiger partial charge on any atom is 0.168 e. The minimum Gasteiger partial charge on any atom is -0.495 e. The van der Waals surface area contributed by atoms with Crippen LogP contribution in [0.2, 0.25) is 0 Å². The molecule has 0 atom stereocenters. The van der Waals surface area contributed by atoms with E-state index in [1.54, 1.807) is 19.2 Å². The number of hydrogen-bond donors (Lipinski definition) is 2. The van der Waals surface area contributed by atoms with Crippen LogP contribution in [0.25, 0.3) is 0 Å². The summed E-state index contributed by atoms with van der Waals surface area (Å²) in [5.74, 6) is 0.748. The molecule has 0 bridgehead atoms. The van der Waals surface area contributed by atoms with Gasteiger partial charge in [-0.15, -0.1) is 0 Å². The van der Waals surface area contributed by atoms with Gasteiger partial charge >= 0.3 is 0 Å². The molecule has 4 nitrogen and oxygen atoms in total. The molecule has 0 saturated heterocycles. The van der Waals surface area contributed by atoms with Gasteiger partial charge in [-0.2, -0.15) is 0 Å². The smallest absolute Gasteiger partial charge is 0.168 e. The Bertz CT molecular complexity index is 388. The first-order chi connectivity index (χ1) is 6.74. The van der Waals surface area contributed by atoms with Crippen molar-refractivity contribution >= 4 is 17.2 Å². The quantitative estimate of drug-likeness (QED) is 0.658. The predicted octanol–water partition coefficient (Wildman–Crippen LogP) is 1.28. The van der Waals surface area contributed by atoms with E-state index in [4.69, 9.17) is 10.5 Å². The molecule has 0 saturated carbocycles. The molecule has 1 heterocycles. The van der Waals surface area contributed by atoms with Crippen molar-refractivity contribution in [2.75, 3.05) is 24.7 Å². The second-order valence-electron chi connectivity index (χ2n) is 3.21. The predicted molar refractivity (Wildman–Crippen MR) is 54.8 cm³/mol. The number of ether oxygens (including phenoxy) is 1. The van der Waals surface area contributed by atoms with Gasteiger partial charge in [-0.05, 0) is 12.1 Å². The molecule has 1 aromatic carbocycles. The van der Waals surface area contributed by atoms with E-state index in [-0.39, 0.29) is 5.78 Å². The molecule has 0 radical (unpaired) electrons. The first kappa shape index (κ1) is 8.87. The highest BCUT2D eigenvalue weighted by atomic mass is 16.5. The normalized spacial score (nSPS) is 14.5. The average Bonchev–Trinajstić information content (AvgIpc) is 2.18. The molecule has 14 heavy (non-hydrogen) atoms. The Morgan fingerprint density at radius 1 is 1.50 bits per heavy atom. The summed E-state index contributed by atoms with van der Waals surface area (Å²) in [5.41, 5.74) is 7.54. The molecule has 0 amide bonds. The minimum absolute atomic E-state index is 0.0788. The van der Waals surface area contributed by atoms with Gasteiger partial charge in [-0.25, -0.2) is 0 Å². The number of nitrogens with two attached hydrogens (primary N) is 1. The standard InChI is InChI=1S/C10H12N2O2/c1-14-8-3-2-6(11)9-7(13)4-5-12-10(8)9/h2-3,12H,4-5,11H2,1H3. The number of hydrogen-bond acceptors (Lipinski definition) is 4. The molecule has 1 aliphatic rings. The molecule has 0 spiro atoms. The molecular weight excluding hydrogens is 180 g/mol. The number of rotatable bonds is 1. The molecule has 1 aliphatic heterocycles. The molecule has 0 aromatic heterocycles. The number of fused-ring (bicyclic) bond motifs is 1. The van der Waals surface area contributed by atoms with E-state index in [0.717, 1.165) is 5.69 Å². The zero-order chi connectivity index (χ0) is 10.1. The molecule has 3 N–H and O–H groups in total. The van der Waals surface area contributed by atoms with Crippen LogP contribution in [0.5, 0.6) is 5.75 Å². The number of nitrogens with one attached hydrogen (secondary N) is 1. The SMILES string of the molecule is COc1ccc(N)c2c1NCCC2=O. The number of anilines is 2. The van der Waals surface area contributed by atoms with E-state index in [0.29, 0.717) is 30.0 Å². The van der Waals surface area contributed by atoms with Gasteiger partial charge in [-0.3, -0.25) is 4.79 Å². The summed E-state index contributed by atoms with van der Waals surface area (Å²) in [6.07, 6.45) is 0.490. The second kappa shape index (κ2) is 3.21. The highest BCUT2D eigenvalue weighted by Gasteiger charge is 2.22. The van der Waals surface area contributed by atoms with E-state index in [1.807, 2.05) is 0 Å². The van der Waals surface area contributed by atoms with E-state index >= 15 is 0 Å². The van der Waals surface area contributed by atoms with Gasteiger partial charge in [0.2, 0.25) is 0 Å². The number of methoxy groups -OCH3 is 1. The fourth-order valence-electron chi connectivity index (χ4n) is 1.67. The van der Waals surface area contributed by atoms with Crippen molar-refractivity contribution in [3.63, 3.8) is 0 Å². The Morgan fingerprint density at radius 2 is 2.29 bits per heavy atom. The maximum atomic E-state index is 11.6. The summed E-state index contributed by atoms with van der Waals surface area (Å²) >= 11 is 0. The van der Waals surface area contributed by atoms with Crippen LogP contribution in [0.4, 0.5) is 11.4 Å². The van der Waals surface area contributed by atoms with Crippen molar-refractivity contribution < 1.29 is 9.53 Å². The van der Waals surface area contributed by atoms with Gasteiger partial charge in [0.05, 0.1) is 18.4 Å². The summed E-state index contributed by atoms with van der Waals surface area (Å²) in [6, 6.07) is 3.46. The fraction of sp³-hybridized carbons (Fsp3) is 0.300. The lowest BCUT2D eigenvalue weighted by molar-refractivity contribution is 0.0984. The summed E-state index contributed by atoms with van der Waals surface area (Å²) < 4.78 is 5.15. The summed E-state index contributed by atoms with van der Waals surface area (Å²) in [5, 5.41) is 3.13. The van der Waals surface area contributed by atoms with Crippen molar-refractivity contribution in [1.82, 2.24) is 0 Å². The van der Waals surface area contributed by atoms with Crippen LogP contribution in [0.3, 0.4) is 0 Å². The van der Waals surface area contributed by atoms with Gasteiger partial charge in [0.25, 0.3) is 0 Å². The number of benzene rings is 1. The molecule has 0 aliphatic carbocycles. The van der Waals surface area contributed by atoms with E-state index in [2.05, 4.69) is 5.32 Å². The molecule has 1 aromatic rings. The Balaban J connectivity index is 2.63. The number of carbonyl (C=O) groups is 1. The van der Waals surface area contributed by atoms with Crippen LogP contribution in [0, 0.1) is 0 Å². The zero-order valence-electron chi connectivity index (χ0n) is 7.96. The van der Waals surface area contributed by atoms with Gasteiger partial charge in [0.15, 0.2) is 5.78 Å². The first-order valence-corrected chi connectivity index (χ1v) is 4.47. The number of nitrogen functional groups attached to an aromatic ring is 1. The molecule has 74 valence electrons. The lowest BCUT2D eigenvalue weighted by atomic mass is 9.99. The van der Waals surface area contributed by atoms with Gasteiger partial charge in [0, 0.05) is 18.7 Å². The van der Waals surface area contributed by atoms with Crippen molar-refractivity contribution in [2.45, 2.75) is 6.42 Å². The van der Waals surface area contributed by atoms with Crippen molar-refractivity contribution in [3.8, 4) is 5.75 Å². The fourth-order valence-corrected chi connectivity index (χ4v) is 1.67. The van der Waals surface area contributed by atoms with E-state index in [9.17, 15) is 4.79 Å². The largest absolute Gasteiger partial charge is 0.495 e. The first-order valence-electron chi connectivity index (χ1n) is 4.47. The van der Waals surface area contributed by atoms with Crippen LogP contribution in [0.1, 0.15) is 16.8 Å².